The number of hydrogen-bond donors (Lipinski definition) is 2. The molecule has 5 nitrogen and oxygen atoms in total. The molecule has 2 aromatic heterocycles. The van der Waals surface area contributed by atoms with E-state index in [1.54, 1.807) is 13.3 Å². The molecule has 0 fully saturated rings. The van der Waals surface area contributed by atoms with Crippen LogP contribution in [0.25, 0.3) is 10.2 Å². The summed E-state index contributed by atoms with van der Waals surface area (Å²) in [7, 11) is 1.68. The summed E-state index contributed by atoms with van der Waals surface area (Å²) in [5.74, 6) is -0.138. The molecule has 0 saturated heterocycles. The summed E-state index contributed by atoms with van der Waals surface area (Å²) < 4.78 is 6.02. The molecule has 0 aromatic carbocycles. The van der Waals surface area contributed by atoms with Crippen LogP contribution in [-0.4, -0.2) is 31.2 Å². The Kier molecular flexibility index (Phi) is 4.80. The van der Waals surface area contributed by atoms with Crippen LogP contribution in [0.3, 0.4) is 0 Å². The van der Waals surface area contributed by atoms with E-state index >= 15 is 0 Å². The maximum Gasteiger partial charge on any atom is 0.263 e. The van der Waals surface area contributed by atoms with E-state index < -0.39 is 0 Å². The molecule has 0 aliphatic heterocycles. The van der Waals surface area contributed by atoms with Gasteiger partial charge in [-0.25, -0.2) is 0 Å². The zero-order valence-corrected chi connectivity index (χ0v) is 13.4. The number of nitrogens with zero attached hydrogens (tertiary/aromatic N) is 1. The monoisotopic (exact) mass is 307 g/mol. The first-order valence-electron chi connectivity index (χ1n) is 6.85. The Hall–Kier alpha value is -1.66. The third kappa shape index (κ3) is 3.71. The summed E-state index contributed by atoms with van der Waals surface area (Å²) in [4.78, 5) is 17.1. The van der Waals surface area contributed by atoms with Crippen molar-refractivity contribution in [2.24, 2.45) is 5.41 Å². The quantitative estimate of drug-likeness (QED) is 0.860. The number of nitrogen functional groups attached to an aromatic ring is 1. The molecule has 0 radical (unpaired) electrons. The molecule has 0 aliphatic carbocycles. The van der Waals surface area contributed by atoms with Crippen molar-refractivity contribution in [2.75, 3.05) is 26.0 Å². The Morgan fingerprint density at radius 3 is 2.95 bits per heavy atom. The summed E-state index contributed by atoms with van der Waals surface area (Å²) in [6.07, 6.45) is 2.56. The molecule has 0 spiro atoms. The van der Waals surface area contributed by atoms with Crippen LogP contribution in [0.1, 0.15) is 29.9 Å². The molecule has 114 valence electrons. The summed E-state index contributed by atoms with van der Waals surface area (Å²) in [6.45, 7) is 5.46. The summed E-state index contributed by atoms with van der Waals surface area (Å²) in [5, 5.41) is 2.96. The van der Waals surface area contributed by atoms with Gasteiger partial charge >= 0.3 is 0 Å². The van der Waals surface area contributed by atoms with Crippen molar-refractivity contribution in [2.45, 2.75) is 20.3 Å². The van der Waals surface area contributed by atoms with E-state index in [4.69, 9.17) is 10.5 Å². The molecule has 0 unspecified atom stereocenters. The predicted octanol–water partition coefficient (Wildman–Crippen LogP) is 2.67. The normalized spacial score (nSPS) is 11.8. The third-order valence-corrected chi connectivity index (χ3v) is 4.56. The molecule has 2 aromatic rings. The van der Waals surface area contributed by atoms with E-state index in [0.717, 1.165) is 11.1 Å². The highest BCUT2D eigenvalue weighted by molar-refractivity contribution is 7.21. The highest BCUT2D eigenvalue weighted by Gasteiger charge is 2.21. The highest BCUT2D eigenvalue weighted by Crippen LogP contribution is 2.31. The number of anilines is 1. The number of carbonyl (C=O) groups is 1. The minimum Gasteiger partial charge on any atom is -0.396 e. The van der Waals surface area contributed by atoms with Crippen LogP contribution in [0.2, 0.25) is 0 Å². The molecule has 1 amide bonds. The number of carbonyl (C=O) groups excluding carboxylic acids is 1. The average Bonchev–Trinajstić information content (AvgIpc) is 2.81. The first kappa shape index (κ1) is 15.7. The first-order valence-corrected chi connectivity index (χ1v) is 7.66. The zero-order chi connectivity index (χ0) is 15.5. The molecule has 0 aliphatic rings. The van der Waals surface area contributed by atoms with E-state index in [0.29, 0.717) is 29.2 Å². The van der Waals surface area contributed by atoms with E-state index in [9.17, 15) is 4.79 Å². The van der Waals surface area contributed by atoms with Gasteiger partial charge in [0, 0.05) is 26.5 Å². The number of fused-ring (bicyclic) bond motifs is 1. The van der Waals surface area contributed by atoms with Crippen molar-refractivity contribution in [3.8, 4) is 0 Å². The predicted molar refractivity (Wildman–Crippen MR) is 86.6 cm³/mol. The lowest BCUT2D eigenvalue weighted by Gasteiger charge is -2.24. The fraction of sp³-hybridized carbons (Fsp3) is 0.467. The molecule has 3 N–H and O–H groups in total. The van der Waals surface area contributed by atoms with Gasteiger partial charge in [-0.2, -0.15) is 0 Å². The first-order chi connectivity index (χ1) is 9.94. The number of ether oxygens (including phenoxy) is 1. The van der Waals surface area contributed by atoms with Crippen molar-refractivity contribution in [3.63, 3.8) is 0 Å². The van der Waals surface area contributed by atoms with Crippen LogP contribution >= 0.6 is 11.3 Å². The maximum atomic E-state index is 12.3. The Balaban J connectivity index is 2.07. The second kappa shape index (κ2) is 6.41. The third-order valence-electron chi connectivity index (χ3n) is 3.40. The fourth-order valence-electron chi connectivity index (χ4n) is 1.98. The van der Waals surface area contributed by atoms with E-state index in [2.05, 4.69) is 24.1 Å². The number of amides is 1. The topological polar surface area (TPSA) is 77.2 Å². The number of nitrogens with one attached hydrogen (secondary N) is 1. The van der Waals surface area contributed by atoms with E-state index in [1.165, 1.54) is 11.3 Å². The summed E-state index contributed by atoms with van der Waals surface area (Å²) in [6, 6.07) is 3.76. The molecule has 2 heterocycles. The van der Waals surface area contributed by atoms with E-state index in [1.807, 2.05) is 12.1 Å². The van der Waals surface area contributed by atoms with Crippen molar-refractivity contribution in [3.05, 3.63) is 23.2 Å². The Bertz CT molecular complexity index is 637. The van der Waals surface area contributed by atoms with Crippen LogP contribution in [-0.2, 0) is 4.74 Å². The number of rotatable bonds is 6. The maximum absolute atomic E-state index is 12.3. The van der Waals surface area contributed by atoms with Gasteiger partial charge in [0.25, 0.3) is 5.91 Å². The van der Waals surface area contributed by atoms with Gasteiger partial charge in [-0.1, -0.05) is 13.8 Å². The number of methoxy groups -OCH3 is 1. The Morgan fingerprint density at radius 1 is 1.52 bits per heavy atom. The summed E-state index contributed by atoms with van der Waals surface area (Å²) in [5.41, 5.74) is 7.17. The number of thiophene rings is 1. The average molecular weight is 307 g/mol. The van der Waals surface area contributed by atoms with Crippen LogP contribution in [0.4, 0.5) is 5.69 Å². The lowest BCUT2D eigenvalue weighted by atomic mass is 9.90. The van der Waals surface area contributed by atoms with Crippen molar-refractivity contribution >= 4 is 33.1 Å². The van der Waals surface area contributed by atoms with Crippen LogP contribution in [0.15, 0.2) is 18.3 Å². The second-order valence-corrected chi connectivity index (χ2v) is 6.84. The minimum atomic E-state index is -0.138. The van der Waals surface area contributed by atoms with Gasteiger partial charge < -0.3 is 15.8 Å². The molecule has 6 heteroatoms. The van der Waals surface area contributed by atoms with Crippen molar-refractivity contribution < 1.29 is 9.53 Å². The van der Waals surface area contributed by atoms with Gasteiger partial charge in [-0.05, 0) is 24.0 Å². The number of hydrogen-bond acceptors (Lipinski definition) is 5. The largest absolute Gasteiger partial charge is 0.396 e. The van der Waals surface area contributed by atoms with Crippen LogP contribution in [0, 0.1) is 5.41 Å². The SMILES string of the molecule is COCCC(C)(C)CNC(=O)c1sc2cccnc2c1N. The molecule has 0 atom stereocenters. The van der Waals surface area contributed by atoms with Gasteiger partial charge in [0.1, 0.15) is 10.4 Å². The number of nitrogens with two attached hydrogens (primary N) is 1. The molecular formula is C15H21N3O2S. The summed E-state index contributed by atoms with van der Waals surface area (Å²) >= 11 is 1.38. The standard InChI is InChI=1S/C15H21N3O2S/c1-15(2,6-8-20-3)9-18-14(19)13-11(16)12-10(21-13)5-4-7-17-12/h4-5,7H,6,8-9,16H2,1-3H3,(H,18,19). The van der Waals surface area contributed by atoms with Gasteiger partial charge in [0.15, 0.2) is 0 Å². The fourth-order valence-corrected chi connectivity index (χ4v) is 2.98. The highest BCUT2D eigenvalue weighted by atomic mass is 32.1. The van der Waals surface area contributed by atoms with Gasteiger partial charge in [-0.15, -0.1) is 11.3 Å². The smallest absolute Gasteiger partial charge is 0.263 e. The molecule has 0 bridgehead atoms. The molecule has 0 saturated carbocycles. The van der Waals surface area contributed by atoms with Crippen molar-refractivity contribution in [1.29, 1.82) is 0 Å². The van der Waals surface area contributed by atoms with Crippen LogP contribution < -0.4 is 11.1 Å². The molecule has 21 heavy (non-hydrogen) atoms. The number of pyridine rings is 1. The van der Waals surface area contributed by atoms with E-state index in [-0.39, 0.29) is 11.3 Å². The van der Waals surface area contributed by atoms with Gasteiger partial charge in [-0.3, -0.25) is 9.78 Å². The van der Waals surface area contributed by atoms with Crippen LogP contribution in [0.5, 0.6) is 0 Å². The Morgan fingerprint density at radius 2 is 2.29 bits per heavy atom. The van der Waals surface area contributed by atoms with Crippen molar-refractivity contribution in [1.82, 2.24) is 10.3 Å². The second-order valence-electron chi connectivity index (χ2n) is 5.78. The molecule has 2 rings (SSSR count). The lowest BCUT2D eigenvalue weighted by molar-refractivity contribution is 0.0926. The van der Waals surface area contributed by atoms with Gasteiger partial charge in [0.2, 0.25) is 0 Å². The lowest BCUT2D eigenvalue weighted by Crippen LogP contribution is -2.34. The Labute approximate surface area is 128 Å². The number of aromatic nitrogens is 1. The van der Waals surface area contributed by atoms with Gasteiger partial charge in [0.05, 0.1) is 10.4 Å². The molecular weight excluding hydrogens is 286 g/mol. The zero-order valence-electron chi connectivity index (χ0n) is 12.6. The minimum absolute atomic E-state index is 0.0185.